The fourth-order valence-corrected chi connectivity index (χ4v) is 5.04. The Morgan fingerprint density at radius 1 is 0.814 bits per heavy atom. The zero-order valence-corrected chi connectivity index (χ0v) is 24.8. The maximum atomic E-state index is 13.5. The molecule has 9 nitrogen and oxygen atoms in total. The predicted octanol–water partition coefficient (Wildman–Crippen LogP) is 6.77. The molecule has 0 saturated heterocycles. The lowest BCUT2D eigenvalue weighted by Gasteiger charge is -2.18. The molecule has 4 aromatic rings. The van der Waals surface area contributed by atoms with Crippen LogP contribution in [0.4, 0.5) is 18.9 Å². The summed E-state index contributed by atoms with van der Waals surface area (Å²) in [4.78, 5) is 17.9. The highest BCUT2D eigenvalue weighted by molar-refractivity contribution is 8.00. The molecule has 3 aromatic carbocycles. The van der Waals surface area contributed by atoms with Crippen molar-refractivity contribution in [3.63, 3.8) is 0 Å². The van der Waals surface area contributed by atoms with Gasteiger partial charge in [0.1, 0.15) is 11.4 Å². The largest absolute Gasteiger partial charge is 0.493 e. The first-order chi connectivity index (χ1) is 20.6. The van der Waals surface area contributed by atoms with E-state index in [1.807, 2.05) is 0 Å². The molecule has 0 saturated carbocycles. The molecule has 1 aromatic heterocycles. The number of benzene rings is 3. The molecule has 226 valence electrons. The lowest BCUT2D eigenvalue weighted by atomic mass is 10.0. The molecule has 1 amide bonds. The number of halogens is 3. The molecule has 0 radical (unpaired) electrons. The van der Waals surface area contributed by atoms with Crippen molar-refractivity contribution in [1.29, 1.82) is 0 Å². The smallest absolute Gasteiger partial charge is 0.418 e. The molecule has 4 rings (SSSR count). The van der Waals surface area contributed by atoms with E-state index in [1.54, 1.807) is 43.3 Å². The molecular weight excluding hydrogens is 585 g/mol. The second-order valence-corrected chi connectivity index (χ2v) is 10.1. The van der Waals surface area contributed by atoms with Gasteiger partial charge in [-0.1, -0.05) is 30.8 Å². The average Bonchev–Trinajstić information content (AvgIpc) is 3.02. The molecule has 1 atom stereocenters. The lowest BCUT2D eigenvalue weighted by Crippen LogP contribution is -2.26. The molecular formula is C30H29F3N4O5S. The van der Waals surface area contributed by atoms with Gasteiger partial charge in [0, 0.05) is 11.1 Å². The molecule has 0 fully saturated rings. The number of alkyl halides is 3. The van der Waals surface area contributed by atoms with Crippen LogP contribution >= 0.6 is 11.8 Å². The highest BCUT2D eigenvalue weighted by Crippen LogP contribution is 2.39. The highest BCUT2D eigenvalue weighted by atomic mass is 32.2. The third-order valence-corrected chi connectivity index (χ3v) is 7.60. The van der Waals surface area contributed by atoms with E-state index in [2.05, 4.69) is 15.5 Å². The first-order valence-corrected chi connectivity index (χ1v) is 13.8. The van der Waals surface area contributed by atoms with E-state index in [0.29, 0.717) is 45.5 Å². The van der Waals surface area contributed by atoms with Gasteiger partial charge in [0.25, 0.3) is 0 Å². The van der Waals surface area contributed by atoms with Gasteiger partial charge in [-0.15, -0.1) is 10.2 Å². The summed E-state index contributed by atoms with van der Waals surface area (Å²) in [7, 11) is 6.08. The lowest BCUT2D eigenvalue weighted by molar-refractivity contribution is -0.137. The van der Waals surface area contributed by atoms with E-state index in [9.17, 15) is 18.0 Å². The molecule has 0 aliphatic heterocycles. The Bertz CT molecular complexity index is 1600. The summed E-state index contributed by atoms with van der Waals surface area (Å²) < 4.78 is 62.1. The van der Waals surface area contributed by atoms with Gasteiger partial charge in [0.05, 0.1) is 44.9 Å². The van der Waals surface area contributed by atoms with Crippen molar-refractivity contribution >= 4 is 23.4 Å². The Hall–Kier alpha value is -4.52. The van der Waals surface area contributed by atoms with Crippen LogP contribution in [0.2, 0.25) is 0 Å². The number of nitrogens with zero attached hydrogens (tertiary/aromatic N) is 3. The molecule has 43 heavy (non-hydrogen) atoms. The van der Waals surface area contributed by atoms with Crippen molar-refractivity contribution in [2.24, 2.45) is 0 Å². The van der Waals surface area contributed by atoms with Crippen LogP contribution in [0.3, 0.4) is 0 Å². The first-order valence-electron chi connectivity index (χ1n) is 13.0. The number of rotatable bonds is 11. The van der Waals surface area contributed by atoms with Crippen LogP contribution in [0.25, 0.3) is 22.5 Å². The van der Waals surface area contributed by atoms with Gasteiger partial charge in [0.2, 0.25) is 11.1 Å². The quantitative estimate of drug-likeness (QED) is 0.183. The summed E-state index contributed by atoms with van der Waals surface area (Å²) in [6.07, 6.45) is -4.34. The molecule has 0 aliphatic rings. The number of methoxy groups -OCH3 is 4. The SMILES string of the molecule is CC[C@@H](Sc1nnc(-c2ccc(OC)c(OC)c2)c(-c2ccc(OC)c(OC)c2)n1)C(=O)Nc1ccccc1C(F)(F)F. The summed E-state index contributed by atoms with van der Waals surface area (Å²) >= 11 is 0.995. The van der Waals surface area contributed by atoms with Crippen molar-refractivity contribution < 1.29 is 36.9 Å². The van der Waals surface area contributed by atoms with Crippen molar-refractivity contribution in [3.8, 4) is 45.5 Å². The van der Waals surface area contributed by atoms with Gasteiger partial charge in [0.15, 0.2) is 23.0 Å². The van der Waals surface area contributed by atoms with Crippen LogP contribution in [-0.2, 0) is 11.0 Å². The number of hydrogen-bond acceptors (Lipinski definition) is 9. The second kappa shape index (κ2) is 13.6. The van der Waals surface area contributed by atoms with E-state index in [-0.39, 0.29) is 17.3 Å². The number of anilines is 1. The fourth-order valence-electron chi connectivity index (χ4n) is 4.23. The Morgan fingerprint density at radius 2 is 1.37 bits per heavy atom. The summed E-state index contributed by atoms with van der Waals surface area (Å²) in [5.41, 5.74) is 0.824. The fraction of sp³-hybridized carbons (Fsp3) is 0.267. The third-order valence-electron chi connectivity index (χ3n) is 6.38. The van der Waals surface area contributed by atoms with Crippen LogP contribution < -0.4 is 24.3 Å². The van der Waals surface area contributed by atoms with Gasteiger partial charge in [-0.25, -0.2) is 4.98 Å². The molecule has 1 N–H and O–H groups in total. The number of ether oxygens (including phenoxy) is 4. The second-order valence-electron chi connectivity index (χ2n) is 8.98. The van der Waals surface area contributed by atoms with E-state index in [0.717, 1.165) is 17.8 Å². The Labute approximate surface area is 250 Å². The standard InChI is InChI=1S/C30H29F3N4O5S/c1-6-25(28(38)34-20-10-8-7-9-19(20)30(31,32)33)43-29-35-26(17-11-13-21(39-2)23(15-17)41-4)27(36-37-29)18-12-14-22(40-3)24(16-18)42-5/h7-16,25H,6H2,1-5H3,(H,34,38)/t25-/m1/s1. The van der Waals surface area contributed by atoms with Crippen molar-refractivity contribution in [1.82, 2.24) is 15.2 Å². The monoisotopic (exact) mass is 614 g/mol. The Morgan fingerprint density at radius 3 is 1.91 bits per heavy atom. The number of carbonyl (C=O) groups is 1. The Kier molecular flexibility index (Phi) is 9.96. The normalized spacial score (nSPS) is 11.9. The minimum atomic E-state index is -4.62. The number of hydrogen-bond donors (Lipinski definition) is 1. The molecule has 0 unspecified atom stereocenters. The highest BCUT2D eigenvalue weighted by Gasteiger charge is 2.34. The van der Waals surface area contributed by atoms with Crippen LogP contribution in [0.15, 0.2) is 65.8 Å². The molecule has 0 spiro atoms. The summed E-state index contributed by atoms with van der Waals surface area (Å²) in [6.45, 7) is 1.74. The molecule has 1 heterocycles. The average molecular weight is 615 g/mol. The number of thioether (sulfide) groups is 1. The Balaban J connectivity index is 1.74. The first kappa shape index (κ1) is 31.4. The van der Waals surface area contributed by atoms with E-state index < -0.39 is 22.9 Å². The third kappa shape index (κ3) is 7.11. The predicted molar refractivity (Wildman–Crippen MR) is 157 cm³/mol. The maximum Gasteiger partial charge on any atom is 0.418 e. The summed E-state index contributed by atoms with van der Waals surface area (Å²) in [6, 6.07) is 15.3. The van der Waals surface area contributed by atoms with Crippen molar-refractivity contribution in [2.45, 2.75) is 29.9 Å². The van der Waals surface area contributed by atoms with Crippen molar-refractivity contribution in [2.75, 3.05) is 33.8 Å². The number of para-hydroxylation sites is 1. The van der Waals surface area contributed by atoms with Gasteiger partial charge in [-0.05, 0) is 55.0 Å². The minimum absolute atomic E-state index is 0.153. The summed E-state index contributed by atoms with van der Waals surface area (Å²) in [5.74, 6) is 1.35. The van der Waals surface area contributed by atoms with Crippen molar-refractivity contribution in [3.05, 3.63) is 66.2 Å². The molecule has 0 bridgehead atoms. The number of carbonyl (C=O) groups excluding carboxylic acids is 1. The van der Waals surface area contributed by atoms with Gasteiger partial charge in [-0.3, -0.25) is 4.79 Å². The van der Waals surface area contributed by atoms with Gasteiger partial charge in [-0.2, -0.15) is 13.2 Å². The minimum Gasteiger partial charge on any atom is -0.493 e. The molecule has 0 aliphatic carbocycles. The zero-order chi connectivity index (χ0) is 31.1. The van der Waals surface area contributed by atoms with Crippen LogP contribution in [0.1, 0.15) is 18.9 Å². The zero-order valence-electron chi connectivity index (χ0n) is 24.0. The van der Waals surface area contributed by atoms with Gasteiger partial charge >= 0.3 is 6.18 Å². The van der Waals surface area contributed by atoms with Gasteiger partial charge < -0.3 is 24.3 Å². The summed E-state index contributed by atoms with van der Waals surface area (Å²) in [5, 5.41) is 10.5. The van der Waals surface area contributed by atoms with E-state index in [1.165, 1.54) is 46.6 Å². The molecule has 13 heteroatoms. The number of nitrogens with one attached hydrogen (secondary N) is 1. The van der Waals surface area contributed by atoms with E-state index >= 15 is 0 Å². The maximum absolute atomic E-state index is 13.5. The van der Waals surface area contributed by atoms with E-state index in [4.69, 9.17) is 23.9 Å². The number of aromatic nitrogens is 3. The van der Waals surface area contributed by atoms with Crippen LogP contribution in [0, 0.1) is 0 Å². The topological polar surface area (TPSA) is 105 Å². The number of amides is 1. The van der Waals surface area contributed by atoms with Crippen LogP contribution in [0.5, 0.6) is 23.0 Å². The van der Waals surface area contributed by atoms with Crippen LogP contribution in [-0.4, -0.2) is 54.8 Å².